The van der Waals surface area contributed by atoms with Crippen LogP contribution in [-0.4, -0.2) is 34.7 Å². The molecule has 1 aromatic rings. The molecule has 0 aliphatic heterocycles. The highest BCUT2D eigenvalue weighted by Crippen LogP contribution is 2.37. The van der Waals surface area contributed by atoms with Gasteiger partial charge in [0.2, 0.25) is 5.13 Å². The van der Waals surface area contributed by atoms with Crippen molar-refractivity contribution in [2.24, 2.45) is 5.41 Å². The number of nitrogens with one attached hydrogen (secondary N) is 1. The average Bonchev–Trinajstić information content (AvgIpc) is 2.83. The second-order valence-corrected chi connectivity index (χ2v) is 7.80. The fourth-order valence-electron chi connectivity index (χ4n) is 2.79. The Balaban J connectivity index is 1.82. The molecule has 5 heteroatoms. The molecule has 114 valence electrons. The summed E-state index contributed by atoms with van der Waals surface area (Å²) >= 11 is 1.69. The lowest BCUT2D eigenvalue weighted by atomic mass is 9.75. The van der Waals surface area contributed by atoms with Gasteiger partial charge in [-0.3, -0.25) is 4.90 Å². The van der Waals surface area contributed by atoms with Gasteiger partial charge in [0.25, 0.3) is 0 Å². The van der Waals surface area contributed by atoms with E-state index in [2.05, 4.69) is 48.2 Å². The van der Waals surface area contributed by atoms with E-state index in [9.17, 15) is 0 Å². The first kappa shape index (κ1) is 15.7. The van der Waals surface area contributed by atoms with Gasteiger partial charge in [0.05, 0.1) is 6.54 Å². The van der Waals surface area contributed by atoms with Crippen LogP contribution in [0.4, 0.5) is 5.13 Å². The van der Waals surface area contributed by atoms with Crippen molar-refractivity contribution < 1.29 is 0 Å². The van der Waals surface area contributed by atoms with Gasteiger partial charge < -0.3 is 5.32 Å². The zero-order chi connectivity index (χ0) is 14.6. The minimum Gasteiger partial charge on any atom is -0.360 e. The summed E-state index contributed by atoms with van der Waals surface area (Å²) in [5.74, 6) is 0. The molecule has 20 heavy (non-hydrogen) atoms. The van der Waals surface area contributed by atoms with Gasteiger partial charge in [0.1, 0.15) is 5.01 Å². The molecule has 0 atom stereocenters. The summed E-state index contributed by atoms with van der Waals surface area (Å²) in [7, 11) is 2.23. The van der Waals surface area contributed by atoms with Crippen molar-refractivity contribution in [3.8, 4) is 0 Å². The summed E-state index contributed by atoms with van der Waals surface area (Å²) in [4.78, 5) is 2.46. The number of nitrogens with zero attached hydrogens (tertiary/aromatic N) is 3. The number of hydrogen-bond acceptors (Lipinski definition) is 5. The van der Waals surface area contributed by atoms with Crippen molar-refractivity contribution in [3.05, 3.63) is 5.01 Å². The van der Waals surface area contributed by atoms with E-state index in [1.807, 2.05) is 0 Å². The molecule has 0 unspecified atom stereocenters. The second kappa shape index (κ2) is 6.85. The molecule has 1 heterocycles. The molecule has 1 aliphatic rings. The maximum absolute atomic E-state index is 4.30. The Labute approximate surface area is 127 Å². The molecule has 0 radical (unpaired) electrons. The van der Waals surface area contributed by atoms with Crippen LogP contribution in [0.5, 0.6) is 0 Å². The van der Waals surface area contributed by atoms with Crippen molar-refractivity contribution in [1.29, 1.82) is 0 Å². The number of aromatic nitrogens is 2. The van der Waals surface area contributed by atoms with Crippen LogP contribution in [-0.2, 0) is 6.54 Å². The Morgan fingerprint density at radius 1 is 1.30 bits per heavy atom. The van der Waals surface area contributed by atoms with E-state index < -0.39 is 0 Å². The minimum atomic E-state index is 0.539. The predicted molar refractivity (Wildman–Crippen MR) is 86.2 cm³/mol. The van der Waals surface area contributed by atoms with Crippen LogP contribution in [0.3, 0.4) is 0 Å². The maximum Gasteiger partial charge on any atom is 0.205 e. The Morgan fingerprint density at radius 3 is 2.65 bits per heavy atom. The normalized spacial score (nSPS) is 19.4. The molecule has 0 bridgehead atoms. The Kier molecular flexibility index (Phi) is 5.38. The molecule has 1 fully saturated rings. The average molecular weight is 296 g/mol. The highest BCUT2D eigenvalue weighted by molar-refractivity contribution is 7.15. The van der Waals surface area contributed by atoms with Crippen molar-refractivity contribution >= 4 is 16.5 Å². The minimum absolute atomic E-state index is 0.539. The van der Waals surface area contributed by atoms with E-state index in [4.69, 9.17) is 0 Å². The molecule has 0 amide bonds. The molecular formula is C15H28N4S. The molecule has 1 saturated carbocycles. The highest BCUT2D eigenvalue weighted by atomic mass is 32.1. The Hall–Kier alpha value is -0.680. The van der Waals surface area contributed by atoms with Crippen LogP contribution in [0.25, 0.3) is 0 Å². The predicted octanol–water partition coefficient (Wildman–Crippen LogP) is 3.76. The van der Waals surface area contributed by atoms with E-state index in [0.717, 1.165) is 29.6 Å². The molecular weight excluding hydrogens is 268 g/mol. The largest absolute Gasteiger partial charge is 0.360 e. The van der Waals surface area contributed by atoms with E-state index in [1.54, 1.807) is 11.3 Å². The lowest BCUT2D eigenvalue weighted by Crippen LogP contribution is -2.36. The van der Waals surface area contributed by atoms with Crippen LogP contribution < -0.4 is 5.32 Å². The zero-order valence-corrected chi connectivity index (χ0v) is 14.1. The third-order valence-corrected chi connectivity index (χ3v) is 5.18. The molecule has 1 N–H and O–H groups in total. The van der Waals surface area contributed by atoms with Gasteiger partial charge >= 0.3 is 0 Å². The topological polar surface area (TPSA) is 41.1 Å². The monoisotopic (exact) mass is 296 g/mol. The van der Waals surface area contributed by atoms with Gasteiger partial charge in [0.15, 0.2) is 0 Å². The number of rotatable bonds is 6. The molecule has 0 spiro atoms. The van der Waals surface area contributed by atoms with Gasteiger partial charge in [0, 0.05) is 12.6 Å². The molecule has 1 aliphatic carbocycles. The third-order valence-electron chi connectivity index (χ3n) is 4.31. The van der Waals surface area contributed by atoms with Crippen LogP contribution in [0.15, 0.2) is 0 Å². The van der Waals surface area contributed by atoms with E-state index in [0.29, 0.717) is 11.5 Å². The van der Waals surface area contributed by atoms with Gasteiger partial charge in [-0.05, 0) is 44.6 Å². The Bertz CT molecular complexity index is 406. The first-order chi connectivity index (χ1) is 9.50. The summed E-state index contributed by atoms with van der Waals surface area (Å²) in [5, 5.41) is 13.9. The maximum atomic E-state index is 4.30. The van der Waals surface area contributed by atoms with Gasteiger partial charge in [-0.25, -0.2) is 0 Å². The lowest BCUT2D eigenvalue weighted by Gasteiger charge is -2.38. The summed E-state index contributed by atoms with van der Waals surface area (Å²) in [6, 6.07) is 0.707. The van der Waals surface area contributed by atoms with Crippen LogP contribution in [0, 0.1) is 5.41 Å². The van der Waals surface area contributed by atoms with Crippen molar-refractivity contribution in [2.75, 3.05) is 18.9 Å². The molecule has 0 aromatic carbocycles. The van der Waals surface area contributed by atoms with E-state index >= 15 is 0 Å². The van der Waals surface area contributed by atoms with Gasteiger partial charge in [-0.15, -0.1) is 10.2 Å². The number of anilines is 1. The summed E-state index contributed by atoms with van der Waals surface area (Å²) in [5.41, 5.74) is 0.539. The van der Waals surface area contributed by atoms with Crippen LogP contribution in [0.1, 0.15) is 57.9 Å². The van der Waals surface area contributed by atoms with Gasteiger partial charge in [-0.2, -0.15) is 0 Å². The second-order valence-electron chi connectivity index (χ2n) is 6.74. The fraction of sp³-hybridized carbons (Fsp3) is 0.867. The van der Waals surface area contributed by atoms with Crippen molar-refractivity contribution in [2.45, 2.75) is 65.5 Å². The van der Waals surface area contributed by atoms with E-state index in [1.165, 1.54) is 25.7 Å². The standard InChI is InChI=1S/C15H28N4S/c1-5-10-16-14-18-17-13(20-14)11-19(4)12-6-8-15(2,3)9-7-12/h12H,5-11H2,1-4H3,(H,16,18). The summed E-state index contributed by atoms with van der Waals surface area (Å²) < 4.78 is 0. The van der Waals surface area contributed by atoms with Crippen molar-refractivity contribution in [3.63, 3.8) is 0 Å². The first-order valence-corrected chi connectivity index (χ1v) is 8.58. The summed E-state index contributed by atoms with van der Waals surface area (Å²) in [6.07, 6.45) is 6.40. The van der Waals surface area contributed by atoms with Crippen molar-refractivity contribution in [1.82, 2.24) is 15.1 Å². The third kappa shape index (κ3) is 4.42. The van der Waals surface area contributed by atoms with Crippen LogP contribution in [0.2, 0.25) is 0 Å². The highest BCUT2D eigenvalue weighted by Gasteiger charge is 2.29. The zero-order valence-electron chi connectivity index (χ0n) is 13.3. The lowest BCUT2D eigenvalue weighted by molar-refractivity contribution is 0.123. The molecule has 0 saturated heterocycles. The Morgan fingerprint density at radius 2 is 2.00 bits per heavy atom. The smallest absolute Gasteiger partial charge is 0.205 e. The molecule has 1 aromatic heterocycles. The molecule has 4 nitrogen and oxygen atoms in total. The van der Waals surface area contributed by atoms with Crippen LogP contribution >= 0.6 is 11.3 Å². The first-order valence-electron chi connectivity index (χ1n) is 7.76. The number of hydrogen-bond donors (Lipinski definition) is 1. The fourth-order valence-corrected chi connectivity index (χ4v) is 3.62. The summed E-state index contributed by atoms with van der Waals surface area (Å²) in [6.45, 7) is 8.84. The van der Waals surface area contributed by atoms with E-state index in [-0.39, 0.29) is 0 Å². The molecule has 2 rings (SSSR count). The van der Waals surface area contributed by atoms with Gasteiger partial charge in [-0.1, -0.05) is 32.1 Å². The SMILES string of the molecule is CCCNc1nnc(CN(C)C2CCC(C)(C)CC2)s1. The quantitative estimate of drug-likeness (QED) is 0.868.